The molecule has 4 rings (SSSR count). The minimum Gasteiger partial charge on any atom is -0.497 e. The third kappa shape index (κ3) is 1.62. The van der Waals surface area contributed by atoms with Crippen molar-refractivity contribution in [2.75, 3.05) is 14.2 Å². The summed E-state index contributed by atoms with van der Waals surface area (Å²) in [5.41, 5.74) is 0. The van der Waals surface area contributed by atoms with E-state index in [-0.39, 0.29) is 0 Å². The monoisotopic (exact) mass is 300 g/mol. The van der Waals surface area contributed by atoms with Gasteiger partial charge < -0.3 is 9.47 Å². The first-order chi connectivity index (χ1) is 9.80. The number of rotatable bonds is 2. The quantitative estimate of drug-likeness (QED) is 0.501. The molecule has 0 saturated heterocycles. The SMILES string of the molecule is COc1ccc2sc3c4cc(OC)ccc4sc3c2c1. The van der Waals surface area contributed by atoms with Gasteiger partial charge in [0.1, 0.15) is 11.5 Å². The van der Waals surface area contributed by atoms with Gasteiger partial charge in [-0.2, -0.15) is 0 Å². The summed E-state index contributed by atoms with van der Waals surface area (Å²) in [4.78, 5) is 0. The summed E-state index contributed by atoms with van der Waals surface area (Å²) in [6.07, 6.45) is 0. The van der Waals surface area contributed by atoms with Gasteiger partial charge in [-0.1, -0.05) is 0 Å². The Hall–Kier alpha value is -1.78. The van der Waals surface area contributed by atoms with E-state index in [2.05, 4.69) is 24.3 Å². The number of ether oxygens (including phenoxy) is 2. The van der Waals surface area contributed by atoms with Crippen molar-refractivity contribution in [3.8, 4) is 11.5 Å². The molecular weight excluding hydrogens is 288 g/mol. The van der Waals surface area contributed by atoms with Crippen molar-refractivity contribution >= 4 is 52.2 Å². The summed E-state index contributed by atoms with van der Waals surface area (Å²) in [5.74, 6) is 1.82. The largest absolute Gasteiger partial charge is 0.497 e. The van der Waals surface area contributed by atoms with Crippen molar-refractivity contribution < 1.29 is 9.47 Å². The van der Waals surface area contributed by atoms with E-state index >= 15 is 0 Å². The van der Waals surface area contributed by atoms with Crippen LogP contribution in [0.4, 0.5) is 0 Å². The fourth-order valence-electron chi connectivity index (χ4n) is 2.47. The lowest BCUT2D eigenvalue weighted by Gasteiger charge is -1.98. The van der Waals surface area contributed by atoms with Crippen LogP contribution in [0.25, 0.3) is 29.6 Å². The Morgan fingerprint density at radius 3 is 1.55 bits per heavy atom. The Balaban J connectivity index is 2.12. The van der Waals surface area contributed by atoms with Gasteiger partial charge in [-0.05, 0) is 36.4 Å². The molecule has 0 spiro atoms. The van der Waals surface area contributed by atoms with Crippen LogP contribution in [0, 0.1) is 0 Å². The fourth-order valence-corrected chi connectivity index (χ4v) is 5.07. The zero-order valence-corrected chi connectivity index (χ0v) is 12.7. The Labute approximate surface area is 124 Å². The molecule has 0 bridgehead atoms. The van der Waals surface area contributed by atoms with Crippen LogP contribution in [0.3, 0.4) is 0 Å². The number of hydrogen-bond acceptors (Lipinski definition) is 4. The molecule has 0 aliphatic heterocycles. The van der Waals surface area contributed by atoms with E-state index in [1.165, 1.54) is 29.6 Å². The van der Waals surface area contributed by atoms with Gasteiger partial charge in [0.2, 0.25) is 0 Å². The average Bonchev–Trinajstić information content (AvgIpc) is 3.02. The highest BCUT2D eigenvalue weighted by Crippen LogP contribution is 2.45. The first kappa shape index (κ1) is 12.0. The standard InChI is InChI=1S/C16H12O2S2/c1-17-9-3-5-13-11(7-9)15-16(19-13)12-8-10(18-2)4-6-14(12)20-15/h3-8H,1-2H3. The third-order valence-electron chi connectivity index (χ3n) is 3.49. The Bertz CT molecular complexity index is 856. The molecule has 100 valence electrons. The first-order valence-corrected chi connectivity index (χ1v) is 7.90. The highest BCUT2D eigenvalue weighted by Gasteiger charge is 2.13. The minimum absolute atomic E-state index is 0.909. The van der Waals surface area contributed by atoms with Crippen molar-refractivity contribution in [2.45, 2.75) is 0 Å². The van der Waals surface area contributed by atoms with Gasteiger partial charge in [-0.15, -0.1) is 22.7 Å². The summed E-state index contributed by atoms with van der Waals surface area (Å²) in [6.45, 7) is 0. The first-order valence-electron chi connectivity index (χ1n) is 6.27. The number of methoxy groups -OCH3 is 2. The van der Waals surface area contributed by atoms with Gasteiger partial charge >= 0.3 is 0 Å². The lowest BCUT2D eigenvalue weighted by atomic mass is 10.2. The van der Waals surface area contributed by atoms with E-state index in [0.29, 0.717) is 0 Å². The second-order valence-corrected chi connectivity index (χ2v) is 6.69. The van der Waals surface area contributed by atoms with Gasteiger partial charge in [0, 0.05) is 20.2 Å². The molecule has 4 heteroatoms. The maximum atomic E-state index is 5.34. The second kappa shape index (κ2) is 4.36. The molecule has 0 aliphatic rings. The lowest BCUT2D eigenvalue weighted by Crippen LogP contribution is -1.80. The third-order valence-corrected chi connectivity index (χ3v) is 6.03. The number of thiophene rings is 2. The van der Waals surface area contributed by atoms with E-state index in [1.54, 1.807) is 14.2 Å². The molecule has 2 heterocycles. The zero-order valence-electron chi connectivity index (χ0n) is 11.1. The van der Waals surface area contributed by atoms with Crippen molar-refractivity contribution in [1.29, 1.82) is 0 Å². The molecule has 2 nitrogen and oxygen atoms in total. The summed E-state index contributed by atoms with van der Waals surface area (Å²) in [7, 11) is 3.42. The van der Waals surface area contributed by atoms with Crippen molar-refractivity contribution in [3.63, 3.8) is 0 Å². The minimum atomic E-state index is 0.909. The van der Waals surface area contributed by atoms with Crippen LogP contribution in [-0.2, 0) is 0 Å². The maximum Gasteiger partial charge on any atom is 0.119 e. The molecular formula is C16H12O2S2. The number of hydrogen-bond donors (Lipinski definition) is 0. The van der Waals surface area contributed by atoms with Gasteiger partial charge in [-0.3, -0.25) is 0 Å². The fraction of sp³-hybridized carbons (Fsp3) is 0.125. The maximum absolute atomic E-state index is 5.34. The van der Waals surface area contributed by atoms with Crippen molar-refractivity contribution in [3.05, 3.63) is 36.4 Å². The Morgan fingerprint density at radius 2 is 1.15 bits per heavy atom. The van der Waals surface area contributed by atoms with E-state index in [4.69, 9.17) is 9.47 Å². The van der Waals surface area contributed by atoms with Gasteiger partial charge in [0.25, 0.3) is 0 Å². The van der Waals surface area contributed by atoms with Gasteiger partial charge in [0.05, 0.1) is 23.6 Å². The van der Waals surface area contributed by atoms with Crippen LogP contribution >= 0.6 is 22.7 Å². The predicted octanol–water partition coefficient (Wildman–Crippen LogP) is 5.29. The topological polar surface area (TPSA) is 18.5 Å². The molecule has 0 amide bonds. The normalized spacial score (nSPS) is 11.5. The van der Waals surface area contributed by atoms with Crippen LogP contribution in [-0.4, -0.2) is 14.2 Å². The van der Waals surface area contributed by atoms with Crippen LogP contribution in [0.15, 0.2) is 36.4 Å². The molecule has 0 atom stereocenters. The molecule has 0 fully saturated rings. The van der Waals surface area contributed by atoms with E-state index < -0.39 is 0 Å². The molecule has 0 N–H and O–H groups in total. The van der Waals surface area contributed by atoms with E-state index in [1.807, 2.05) is 34.8 Å². The average molecular weight is 300 g/mol. The Kier molecular flexibility index (Phi) is 2.62. The molecule has 2 aromatic heterocycles. The number of fused-ring (bicyclic) bond motifs is 5. The molecule has 0 saturated carbocycles. The molecule has 2 aromatic carbocycles. The molecule has 20 heavy (non-hydrogen) atoms. The highest BCUT2D eigenvalue weighted by molar-refractivity contribution is 7.36. The Morgan fingerprint density at radius 1 is 0.700 bits per heavy atom. The smallest absolute Gasteiger partial charge is 0.119 e. The zero-order chi connectivity index (χ0) is 13.7. The van der Waals surface area contributed by atoms with Crippen LogP contribution < -0.4 is 9.47 Å². The van der Waals surface area contributed by atoms with Crippen molar-refractivity contribution in [1.82, 2.24) is 0 Å². The van der Waals surface area contributed by atoms with E-state index in [0.717, 1.165) is 11.5 Å². The molecule has 0 unspecified atom stereocenters. The van der Waals surface area contributed by atoms with Crippen molar-refractivity contribution in [2.24, 2.45) is 0 Å². The van der Waals surface area contributed by atoms with Gasteiger partial charge in [0.15, 0.2) is 0 Å². The predicted molar refractivity (Wildman–Crippen MR) is 87.8 cm³/mol. The molecule has 0 radical (unpaired) electrons. The summed E-state index contributed by atoms with van der Waals surface area (Å²) in [5, 5.41) is 2.56. The lowest BCUT2D eigenvalue weighted by molar-refractivity contribution is 0.415. The van der Waals surface area contributed by atoms with Gasteiger partial charge in [-0.25, -0.2) is 0 Å². The molecule has 0 aliphatic carbocycles. The van der Waals surface area contributed by atoms with E-state index in [9.17, 15) is 0 Å². The highest BCUT2D eigenvalue weighted by atomic mass is 32.1. The second-order valence-electron chi connectivity index (χ2n) is 4.59. The molecule has 4 aromatic rings. The summed E-state index contributed by atoms with van der Waals surface area (Å²) < 4.78 is 16.0. The number of benzene rings is 2. The summed E-state index contributed by atoms with van der Waals surface area (Å²) in [6, 6.07) is 12.6. The van der Waals surface area contributed by atoms with Crippen LogP contribution in [0.2, 0.25) is 0 Å². The van der Waals surface area contributed by atoms with Crippen LogP contribution in [0.1, 0.15) is 0 Å². The summed E-state index contributed by atoms with van der Waals surface area (Å²) >= 11 is 3.67. The van der Waals surface area contributed by atoms with Crippen LogP contribution in [0.5, 0.6) is 11.5 Å².